The zero-order valence-corrected chi connectivity index (χ0v) is 10.6. The maximum atomic E-state index is 12.0. The number of hydrogen-bond donors (Lipinski definition) is 0. The molecule has 5 nitrogen and oxygen atoms in total. The van der Waals surface area contributed by atoms with Gasteiger partial charge in [-0.25, -0.2) is 0 Å². The summed E-state index contributed by atoms with van der Waals surface area (Å²) >= 11 is 0. The van der Waals surface area contributed by atoms with E-state index in [1.165, 1.54) is 0 Å². The van der Waals surface area contributed by atoms with E-state index in [1.54, 1.807) is 17.4 Å². The summed E-state index contributed by atoms with van der Waals surface area (Å²) in [4.78, 5) is 26.8. The number of amides is 1. The molecule has 2 heterocycles. The predicted molar refractivity (Wildman–Crippen MR) is 65.9 cm³/mol. The van der Waals surface area contributed by atoms with Gasteiger partial charge in [0.25, 0.3) is 0 Å². The summed E-state index contributed by atoms with van der Waals surface area (Å²) in [6, 6.07) is 1.89. The SMILES string of the molecule is CN(CC(=O)N1CCC(=O)CC1)Cc1ccoc1. The number of Topliss-reactive ketones (excluding diaryl/α,β-unsaturated/α-hetero) is 1. The zero-order valence-electron chi connectivity index (χ0n) is 10.6. The molecule has 0 aliphatic carbocycles. The Kier molecular flexibility index (Phi) is 4.15. The molecule has 0 atom stereocenters. The van der Waals surface area contributed by atoms with E-state index in [1.807, 2.05) is 18.0 Å². The normalized spacial score (nSPS) is 16.3. The van der Waals surface area contributed by atoms with E-state index in [4.69, 9.17) is 4.42 Å². The lowest BCUT2D eigenvalue weighted by molar-refractivity contribution is -0.135. The van der Waals surface area contributed by atoms with Crippen LogP contribution >= 0.6 is 0 Å². The molecule has 1 aromatic heterocycles. The highest BCUT2D eigenvalue weighted by atomic mass is 16.3. The highest BCUT2D eigenvalue weighted by Gasteiger charge is 2.21. The topological polar surface area (TPSA) is 53.8 Å². The summed E-state index contributed by atoms with van der Waals surface area (Å²) in [5.41, 5.74) is 1.05. The fourth-order valence-electron chi connectivity index (χ4n) is 2.09. The highest BCUT2D eigenvalue weighted by Crippen LogP contribution is 2.08. The minimum atomic E-state index is 0.0912. The van der Waals surface area contributed by atoms with E-state index in [0.29, 0.717) is 39.0 Å². The largest absolute Gasteiger partial charge is 0.472 e. The molecule has 1 saturated heterocycles. The molecule has 1 amide bonds. The van der Waals surface area contributed by atoms with E-state index in [9.17, 15) is 9.59 Å². The summed E-state index contributed by atoms with van der Waals surface area (Å²) in [7, 11) is 1.90. The smallest absolute Gasteiger partial charge is 0.236 e. The van der Waals surface area contributed by atoms with Crippen LogP contribution in [0.4, 0.5) is 0 Å². The van der Waals surface area contributed by atoms with E-state index in [0.717, 1.165) is 5.56 Å². The lowest BCUT2D eigenvalue weighted by Gasteiger charge is -2.28. The lowest BCUT2D eigenvalue weighted by atomic mass is 10.1. The monoisotopic (exact) mass is 250 g/mol. The molecule has 0 bridgehead atoms. The summed E-state index contributed by atoms with van der Waals surface area (Å²) in [6.45, 7) is 2.20. The summed E-state index contributed by atoms with van der Waals surface area (Å²) in [6.07, 6.45) is 4.30. The van der Waals surface area contributed by atoms with Gasteiger partial charge < -0.3 is 9.32 Å². The van der Waals surface area contributed by atoms with Crippen molar-refractivity contribution in [1.29, 1.82) is 0 Å². The Hall–Kier alpha value is -1.62. The first-order valence-corrected chi connectivity index (χ1v) is 6.14. The van der Waals surface area contributed by atoms with Gasteiger partial charge in [-0.1, -0.05) is 0 Å². The van der Waals surface area contributed by atoms with Gasteiger partial charge in [-0.2, -0.15) is 0 Å². The van der Waals surface area contributed by atoms with Crippen molar-refractivity contribution in [2.45, 2.75) is 19.4 Å². The van der Waals surface area contributed by atoms with Crippen LogP contribution in [0.5, 0.6) is 0 Å². The predicted octanol–water partition coefficient (Wildman–Crippen LogP) is 0.903. The number of ketones is 1. The summed E-state index contributed by atoms with van der Waals surface area (Å²) in [5.74, 6) is 0.347. The van der Waals surface area contributed by atoms with Gasteiger partial charge in [0.2, 0.25) is 5.91 Å². The van der Waals surface area contributed by atoms with Crippen molar-refractivity contribution >= 4 is 11.7 Å². The van der Waals surface area contributed by atoms with E-state index in [2.05, 4.69) is 0 Å². The molecule has 0 N–H and O–H groups in total. The minimum absolute atomic E-state index is 0.0912. The molecular formula is C13H18N2O3. The maximum Gasteiger partial charge on any atom is 0.236 e. The van der Waals surface area contributed by atoms with Crippen LogP contribution in [-0.2, 0) is 16.1 Å². The number of carbonyl (C=O) groups is 2. The van der Waals surface area contributed by atoms with Crippen molar-refractivity contribution in [2.75, 3.05) is 26.7 Å². The molecule has 2 rings (SSSR count). The second-order valence-corrected chi connectivity index (χ2v) is 4.72. The first-order chi connectivity index (χ1) is 8.65. The average molecular weight is 250 g/mol. The van der Waals surface area contributed by atoms with Gasteiger partial charge in [0.05, 0.1) is 19.1 Å². The number of carbonyl (C=O) groups excluding carboxylic acids is 2. The van der Waals surface area contributed by atoms with Gasteiger partial charge in [0.1, 0.15) is 5.78 Å². The Morgan fingerprint density at radius 2 is 2.17 bits per heavy atom. The molecule has 0 saturated carbocycles. The molecule has 0 spiro atoms. The molecule has 1 aromatic rings. The van der Waals surface area contributed by atoms with Crippen LogP contribution in [0.15, 0.2) is 23.0 Å². The lowest BCUT2D eigenvalue weighted by Crippen LogP contribution is -2.43. The second-order valence-electron chi connectivity index (χ2n) is 4.72. The molecule has 0 radical (unpaired) electrons. The van der Waals surface area contributed by atoms with Gasteiger partial charge in [0, 0.05) is 38.0 Å². The zero-order chi connectivity index (χ0) is 13.0. The third kappa shape index (κ3) is 3.43. The van der Waals surface area contributed by atoms with E-state index >= 15 is 0 Å². The molecule has 1 aliphatic rings. The van der Waals surface area contributed by atoms with Crippen LogP contribution in [0.2, 0.25) is 0 Å². The Labute approximate surface area is 106 Å². The van der Waals surface area contributed by atoms with Crippen molar-refractivity contribution in [3.05, 3.63) is 24.2 Å². The molecule has 0 unspecified atom stereocenters. The van der Waals surface area contributed by atoms with Crippen LogP contribution in [-0.4, -0.2) is 48.2 Å². The summed E-state index contributed by atoms with van der Waals surface area (Å²) < 4.78 is 4.99. The number of likely N-dealkylation sites (tertiary alicyclic amines) is 1. The number of piperidine rings is 1. The molecule has 5 heteroatoms. The quantitative estimate of drug-likeness (QED) is 0.797. The number of nitrogens with zero attached hydrogens (tertiary/aromatic N) is 2. The van der Waals surface area contributed by atoms with Gasteiger partial charge in [-0.3, -0.25) is 14.5 Å². The van der Waals surface area contributed by atoms with Crippen LogP contribution in [0.3, 0.4) is 0 Å². The van der Waals surface area contributed by atoms with Crippen LogP contribution in [0.25, 0.3) is 0 Å². The Bertz CT molecular complexity index is 404. The van der Waals surface area contributed by atoms with Gasteiger partial charge in [-0.05, 0) is 13.1 Å². The Balaban J connectivity index is 1.78. The number of likely N-dealkylation sites (N-methyl/N-ethyl adjacent to an activating group) is 1. The number of rotatable bonds is 4. The maximum absolute atomic E-state index is 12.0. The number of furan rings is 1. The van der Waals surface area contributed by atoms with Gasteiger partial charge in [0.15, 0.2) is 0 Å². The van der Waals surface area contributed by atoms with E-state index < -0.39 is 0 Å². The van der Waals surface area contributed by atoms with Gasteiger partial charge >= 0.3 is 0 Å². The molecule has 0 aromatic carbocycles. The molecular weight excluding hydrogens is 232 g/mol. The molecule has 1 fully saturated rings. The molecule has 1 aliphatic heterocycles. The number of hydrogen-bond acceptors (Lipinski definition) is 4. The second kappa shape index (κ2) is 5.82. The molecule has 18 heavy (non-hydrogen) atoms. The third-order valence-electron chi connectivity index (χ3n) is 3.11. The Morgan fingerprint density at radius 1 is 1.44 bits per heavy atom. The van der Waals surface area contributed by atoms with Crippen molar-refractivity contribution in [3.63, 3.8) is 0 Å². The van der Waals surface area contributed by atoms with Crippen molar-refractivity contribution in [1.82, 2.24) is 9.80 Å². The minimum Gasteiger partial charge on any atom is -0.472 e. The van der Waals surface area contributed by atoms with Crippen LogP contribution in [0.1, 0.15) is 18.4 Å². The average Bonchev–Trinajstić information content (AvgIpc) is 2.82. The third-order valence-corrected chi connectivity index (χ3v) is 3.11. The standard InChI is InChI=1S/C13H18N2O3/c1-14(8-11-4-7-18-10-11)9-13(17)15-5-2-12(16)3-6-15/h4,7,10H,2-3,5-6,8-9H2,1H3. The first kappa shape index (κ1) is 12.8. The van der Waals surface area contributed by atoms with Crippen LogP contribution in [0, 0.1) is 0 Å². The summed E-state index contributed by atoms with van der Waals surface area (Å²) in [5, 5.41) is 0. The van der Waals surface area contributed by atoms with Crippen molar-refractivity contribution in [2.24, 2.45) is 0 Å². The molecule has 98 valence electrons. The first-order valence-electron chi connectivity index (χ1n) is 6.14. The van der Waals surface area contributed by atoms with Crippen molar-refractivity contribution in [3.8, 4) is 0 Å². The van der Waals surface area contributed by atoms with E-state index in [-0.39, 0.29) is 11.7 Å². The van der Waals surface area contributed by atoms with Gasteiger partial charge in [-0.15, -0.1) is 0 Å². The Morgan fingerprint density at radius 3 is 2.78 bits per heavy atom. The van der Waals surface area contributed by atoms with Crippen LogP contribution < -0.4 is 0 Å². The fraction of sp³-hybridized carbons (Fsp3) is 0.538. The van der Waals surface area contributed by atoms with Crippen molar-refractivity contribution < 1.29 is 14.0 Å². The fourth-order valence-corrected chi connectivity index (χ4v) is 2.09. The highest BCUT2D eigenvalue weighted by molar-refractivity contribution is 5.84.